The molecule has 0 saturated heterocycles. The number of pyridine rings is 1. The Labute approximate surface area is 134 Å². The molecule has 4 nitrogen and oxygen atoms in total. The van der Waals surface area contributed by atoms with Gasteiger partial charge in [-0.1, -0.05) is 24.3 Å². The van der Waals surface area contributed by atoms with Gasteiger partial charge in [0.05, 0.1) is 19.4 Å². The summed E-state index contributed by atoms with van der Waals surface area (Å²) in [5.41, 5.74) is 1.98. The van der Waals surface area contributed by atoms with Crippen LogP contribution in [0.3, 0.4) is 0 Å². The Balaban J connectivity index is 2.12. The van der Waals surface area contributed by atoms with Gasteiger partial charge >= 0.3 is 5.97 Å². The SMILES string of the molecule is CCOc1ccc(-c2cc3ccccc3c(C(=O)OC)n2)cc1. The molecule has 0 N–H and O–H groups in total. The average Bonchev–Trinajstić information content (AvgIpc) is 2.61. The lowest BCUT2D eigenvalue weighted by atomic mass is 10.0. The molecule has 2 aromatic carbocycles. The van der Waals surface area contributed by atoms with Gasteiger partial charge in [0.15, 0.2) is 5.69 Å². The first-order chi connectivity index (χ1) is 11.2. The molecule has 0 aliphatic carbocycles. The van der Waals surface area contributed by atoms with Crippen LogP contribution in [0.4, 0.5) is 0 Å². The molecule has 0 spiro atoms. The molecule has 1 aromatic heterocycles. The predicted octanol–water partition coefficient (Wildman–Crippen LogP) is 4.09. The quantitative estimate of drug-likeness (QED) is 0.681. The molecule has 3 aromatic rings. The number of benzene rings is 2. The van der Waals surface area contributed by atoms with E-state index in [4.69, 9.17) is 9.47 Å². The lowest BCUT2D eigenvalue weighted by molar-refractivity contribution is 0.0596. The summed E-state index contributed by atoms with van der Waals surface area (Å²) in [6.07, 6.45) is 0. The third kappa shape index (κ3) is 3.01. The monoisotopic (exact) mass is 307 g/mol. The maximum absolute atomic E-state index is 12.0. The van der Waals surface area contributed by atoms with E-state index < -0.39 is 5.97 Å². The lowest BCUT2D eigenvalue weighted by Crippen LogP contribution is -2.06. The van der Waals surface area contributed by atoms with E-state index in [2.05, 4.69) is 4.98 Å². The van der Waals surface area contributed by atoms with Crippen LogP contribution in [0.5, 0.6) is 5.75 Å². The first kappa shape index (κ1) is 15.0. The summed E-state index contributed by atoms with van der Waals surface area (Å²) in [7, 11) is 1.36. The first-order valence-corrected chi connectivity index (χ1v) is 7.44. The van der Waals surface area contributed by atoms with Gasteiger partial charge in [-0.3, -0.25) is 0 Å². The number of rotatable bonds is 4. The lowest BCUT2D eigenvalue weighted by Gasteiger charge is -2.09. The van der Waals surface area contributed by atoms with E-state index in [9.17, 15) is 4.79 Å². The van der Waals surface area contributed by atoms with E-state index in [1.165, 1.54) is 7.11 Å². The van der Waals surface area contributed by atoms with Gasteiger partial charge in [0.25, 0.3) is 0 Å². The molecule has 0 radical (unpaired) electrons. The predicted molar refractivity (Wildman–Crippen MR) is 89.7 cm³/mol. The van der Waals surface area contributed by atoms with E-state index >= 15 is 0 Å². The largest absolute Gasteiger partial charge is 0.494 e. The van der Waals surface area contributed by atoms with Crippen LogP contribution in [0, 0.1) is 0 Å². The number of hydrogen-bond donors (Lipinski definition) is 0. The molecule has 1 heterocycles. The van der Waals surface area contributed by atoms with Crippen molar-refractivity contribution in [3.8, 4) is 17.0 Å². The molecule has 3 rings (SSSR count). The Hall–Kier alpha value is -2.88. The summed E-state index contributed by atoms with van der Waals surface area (Å²) in [5, 5.41) is 1.74. The number of carbonyl (C=O) groups is 1. The second-order valence-corrected chi connectivity index (χ2v) is 5.03. The van der Waals surface area contributed by atoms with Crippen LogP contribution in [0.1, 0.15) is 17.4 Å². The van der Waals surface area contributed by atoms with Crippen molar-refractivity contribution in [2.75, 3.05) is 13.7 Å². The molecule has 0 atom stereocenters. The van der Waals surface area contributed by atoms with Crippen molar-refractivity contribution in [1.29, 1.82) is 0 Å². The highest BCUT2D eigenvalue weighted by Crippen LogP contribution is 2.26. The summed E-state index contributed by atoms with van der Waals surface area (Å²) in [4.78, 5) is 16.5. The second-order valence-electron chi connectivity index (χ2n) is 5.03. The number of hydrogen-bond acceptors (Lipinski definition) is 4. The number of esters is 1. The van der Waals surface area contributed by atoms with Crippen LogP contribution in [0.2, 0.25) is 0 Å². The molecule has 0 unspecified atom stereocenters. The van der Waals surface area contributed by atoms with Gasteiger partial charge in [0, 0.05) is 10.9 Å². The van der Waals surface area contributed by atoms with Crippen molar-refractivity contribution in [2.45, 2.75) is 6.92 Å². The van der Waals surface area contributed by atoms with Crippen molar-refractivity contribution in [1.82, 2.24) is 4.98 Å². The highest BCUT2D eigenvalue weighted by atomic mass is 16.5. The third-order valence-corrected chi connectivity index (χ3v) is 3.58. The Morgan fingerprint density at radius 2 is 1.83 bits per heavy atom. The van der Waals surface area contributed by atoms with E-state index in [-0.39, 0.29) is 0 Å². The first-order valence-electron chi connectivity index (χ1n) is 7.44. The molecule has 0 bridgehead atoms. The number of aromatic nitrogens is 1. The van der Waals surface area contributed by atoms with Gasteiger partial charge in [0.2, 0.25) is 0 Å². The van der Waals surface area contributed by atoms with Crippen LogP contribution in [0.15, 0.2) is 54.6 Å². The Morgan fingerprint density at radius 3 is 2.52 bits per heavy atom. The maximum atomic E-state index is 12.0. The minimum absolute atomic E-state index is 0.328. The van der Waals surface area contributed by atoms with Gasteiger partial charge in [0.1, 0.15) is 5.75 Å². The molecule has 0 aliphatic rings. The molecule has 0 aliphatic heterocycles. The van der Waals surface area contributed by atoms with Crippen molar-refractivity contribution in [2.24, 2.45) is 0 Å². The maximum Gasteiger partial charge on any atom is 0.357 e. The standard InChI is InChI=1S/C19H17NO3/c1-3-23-15-10-8-13(9-11-15)17-12-14-6-4-5-7-16(14)18(20-17)19(21)22-2/h4-12H,3H2,1-2H3. The number of fused-ring (bicyclic) bond motifs is 1. The highest BCUT2D eigenvalue weighted by molar-refractivity contribution is 6.03. The fraction of sp³-hybridized carbons (Fsp3) is 0.158. The second kappa shape index (κ2) is 6.48. The third-order valence-electron chi connectivity index (χ3n) is 3.58. The molecular formula is C19H17NO3. The molecular weight excluding hydrogens is 290 g/mol. The summed E-state index contributed by atoms with van der Waals surface area (Å²) >= 11 is 0. The van der Waals surface area contributed by atoms with Gasteiger partial charge < -0.3 is 9.47 Å². The highest BCUT2D eigenvalue weighted by Gasteiger charge is 2.14. The van der Waals surface area contributed by atoms with Crippen molar-refractivity contribution >= 4 is 16.7 Å². The summed E-state index contributed by atoms with van der Waals surface area (Å²) in [5.74, 6) is 0.374. The molecule has 116 valence electrons. The van der Waals surface area contributed by atoms with Crippen LogP contribution in [-0.4, -0.2) is 24.7 Å². The Morgan fingerprint density at radius 1 is 1.09 bits per heavy atom. The summed E-state index contributed by atoms with van der Waals surface area (Å²) in [6, 6.07) is 17.3. The summed E-state index contributed by atoms with van der Waals surface area (Å²) < 4.78 is 10.3. The topological polar surface area (TPSA) is 48.4 Å². The summed E-state index contributed by atoms with van der Waals surface area (Å²) in [6.45, 7) is 2.57. The zero-order valence-electron chi connectivity index (χ0n) is 13.1. The van der Waals surface area contributed by atoms with E-state index in [0.29, 0.717) is 12.3 Å². The fourth-order valence-electron chi connectivity index (χ4n) is 2.49. The Bertz CT molecular complexity index is 841. The smallest absolute Gasteiger partial charge is 0.357 e. The molecule has 23 heavy (non-hydrogen) atoms. The Kier molecular flexibility index (Phi) is 4.24. The molecule has 0 fully saturated rings. The van der Waals surface area contributed by atoms with E-state index in [0.717, 1.165) is 27.8 Å². The van der Waals surface area contributed by atoms with Crippen molar-refractivity contribution in [3.63, 3.8) is 0 Å². The minimum atomic E-state index is -0.436. The minimum Gasteiger partial charge on any atom is -0.494 e. The number of carbonyl (C=O) groups excluding carboxylic acids is 1. The average molecular weight is 307 g/mol. The molecule has 0 amide bonds. The van der Waals surface area contributed by atoms with Gasteiger partial charge in [-0.15, -0.1) is 0 Å². The van der Waals surface area contributed by atoms with Gasteiger partial charge in [-0.05, 0) is 42.6 Å². The van der Waals surface area contributed by atoms with E-state index in [1.54, 1.807) is 0 Å². The van der Waals surface area contributed by atoms with Crippen LogP contribution >= 0.6 is 0 Å². The zero-order valence-corrected chi connectivity index (χ0v) is 13.1. The molecule has 0 saturated carbocycles. The van der Waals surface area contributed by atoms with Crippen molar-refractivity contribution in [3.05, 3.63) is 60.3 Å². The van der Waals surface area contributed by atoms with Gasteiger partial charge in [-0.2, -0.15) is 0 Å². The van der Waals surface area contributed by atoms with Crippen molar-refractivity contribution < 1.29 is 14.3 Å². The van der Waals surface area contributed by atoms with E-state index in [1.807, 2.05) is 61.5 Å². The van der Waals surface area contributed by atoms with Crippen LogP contribution < -0.4 is 4.74 Å². The van der Waals surface area contributed by atoms with Gasteiger partial charge in [-0.25, -0.2) is 9.78 Å². The fourth-order valence-corrected chi connectivity index (χ4v) is 2.49. The molecule has 4 heteroatoms. The number of ether oxygens (including phenoxy) is 2. The number of nitrogens with zero attached hydrogens (tertiary/aromatic N) is 1. The number of methoxy groups -OCH3 is 1. The zero-order chi connectivity index (χ0) is 16.2. The van der Waals surface area contributed by atoms with Crippen LogP contribution in [0.25, 0.3) is 22.0 Å². The normalized spacial score (nSPS) is 10.5. The van der Waals surface area contributed by atoms with Crippen LogP contribution in [-0.2, 0) is 4.74 Å².